The lowest BCUT2D eigenvalue weighted by Gasteiger charge is -2.15. The van der Waals surface area contributed by atoms with Crippen molar-refractivity contribution in [3.8, 4) is 0 Å². The fraction of sp³-hybridized carbons (Fsp3) is 0.583. The molecule has 1 aliphatic rings. The minimum absolute atomic E-state index is 0. The average molecular weight is 271 g/mol. The van der Waals surface area contributed by atoms with Gasteiger partial charge in [-0.15, -0.1) is 12.4 Å². The highest BCUT2D eigenvalue weighted by Gasteiger charge is 2.22. The van der Waals surface area contributed by atoms with Crippen LogP contribution in [-0.4, -0.2) is 21.9 Å². The van der Waals surface area contributed by atoms with E-state index in [1.807, 2.05) is 0 Å². The van der Waals surface area contributed by atoms with Gasteiger partial charge in [-0.3, -0.25) is 4.79 Å². The number of nitrogens with one attached hydrogen (secondary N) is 1. The van der Waals surface area contributed by atoms with Gasteiger partial charge in [0.1, 0.15) is 12.1 Å². The predicted molar refractivity (Wildman–Crippen MR) is 72.5 cm³/mol. The van der Waals surface area contributed by atoms with Crippen molar-refractivity contribution in [1.82, 2.24) is 9.97 Å². The Bertz CT molecular complexity index is 368. The lowest BCUT2D eigenvalue weighted by molar-refractivity contribution is -0.117. The predicted octanol–water partition coefficient (Wildman–Crippen LogP) is 1.74. The van der Waals surface area contributed by atoms with Crippen molar-refractivity contribution >= 4 is 24.1 Å². The number of aromatic nitrogens is 2. The quantitative estimate of drug-likeness (QED) is 0.873. The number of nitrogens with two attached hydrogens (primary N) is 1. The van der Waals surface area contributed by atoms with Gasteiger partial charge >= 0.3 is 0 Å². The molecule has 100 valence electrons. The fourth-order valence-corrected chi connectivity index (χ4v) is 2.30. The van der Waals surface area contributed by atoms with E-state index < -0.39 is 6.04 Å². The summed E-state index contributed by atoms with van der Waals surface area (Å²) < 4.78 is 0. The summed E-state index contributed by atoms with van der Waals surface area (Å²) in [4.78, 5) is 19.5. The number of anilines is 1. The lowest BCUT2D eigenvalue weighted by atomic mass is 9.98. The summed E-state index contributed by atoms with van der Waals surface area (Å²) in [7, 11) is 0. The molecular formula is C12H19ClN4O. The van der Waals surface area contributed by atoms with Crippen LogP contribution in [0.5, 0.6) is 0 Å². The fourth-order valence-electron chi connectivity index (χ4n) is 2.30. The largest absolute Gasteiger partial charge is 0.320 e. The third-order valence-corrected chi connectivity index (χ3v) is 3.23. The van der Waals surface area contributed by atoms with Crippen LogP contribution in [0.25, 0.3) is 0 Å². The van der Waals surface area contributed by atoms with Crippen LogP contribution < -0.4 is 11.1 Å². The molecule has 1 aliphatic carbocycles. The maximum atomic E-state index is 11.8. The molecule has 0 aliphatic heterocycles. The molecule has 1 amide bonds. The van der Waals surface area contributed by atoms with E-state index in [0.717, 1.165) is 6.42 Å². The van der Waals surface area contributed by atoms with E-state index in [1.165, 1.54) is 32.0 Å². The van der Waals surface area contributed by atoms with Gasteiger partial charge in [-0.1, -0.05) is 25.7 Å². The van der Waals surface area contributed by atoms with Crippen LogP contribution in [-0.2, 0) is 4.79 Å². The highest BCUT2D eigenvalue weighted by Crippen LogP contribution is 2.28. The van der Waals surface area contributed by atoms with E-state index in [0.29, 0.717) is 11.7 Å². The van der Waals surface area contributed by atoms with Gasteiger partial charge in [0.05, 0.1) is 6.04 Å². The molecule has 1 atom stereocenters. The van der Waals surface area contributed by atoms with Crippen LogP contribution in [0.4, 0.5) is 5.82 Å². The number of hydrogen-bond donors (Lipinski definition) is 2. The number of carbonyl (C=O) groups is 1. The van der Waals surface area contributed by atoms with E-state index in [1.54, 1.807) is 12.3 Å². The maximum absolute atomic E-state index is 11.8. The molecule has 0 saturated heterocycles. The first kappa shape index (κ1) is 14.9. The van der Waals surface area contributed by atoms with Gasteiger partial charge in [0.2, 0.25) is 5.91 Å². The summed E-state index contributed by atoms with van der Waals surface area (Å²) >= 11 is 0. The Labute approximate surface area is 113 Å². The van der Waals surface area contributed by atoms with Gasteiger partial charge in [0, 0.05) is 6.20 Å². The molecule has 1 saturated carbocycles. The summed E-state index contributed by atoms with van der Waals surface area (Å²) in [5.41, 5.74) is 5.89. The van der Waals surface area contributed by atoms with Crippen molar-refractivity contribution in [2.75, 3.05) is 5.32 Å². The van der Waals surface area contributed by atoms with Gasteiger partial charge in [-0.25, -0.2) is 9.97 Å². The smallest absolute Gasteiger partial charge is 0.242 e. The molecule has 1 fully saturated rings. The van der Waals surface area contributed by atoms with E-state index >= 15 is 0 Å². The number of nitrogens with zero attached hydrogens (tertiary/aromatic N) is 2. The van der Waals surface area contributed by atoms with E-state index in [9.17, 15) is 4.79 Å². The van der Waals surface area contributed by atoms with Crippen LogP contribution in [0.2, 0.25) is 0 Å². The second-order valence-electron chi connectivity index (χ2n) is 4.58. The molecule has 0 unspecified atom stereocenters. The highest BCUT2D eigenvalue weighted by molar-refractivity contribution is 5.93. The lowest BCUT2D eigenvalue weighted by Crippen LogP contribution is -2.37. The van der Waals surface area contributed by atoms with Gasteiger partial charge in [-0.05, 0) is 18.4 Å². The Kier molecular flexibility index (Phi) is 6.01. The van der Waals surface area contributed by atoms with E-state index in [4.69, 9.17) is 5.73 Å². The molecule has 3 N–H and O–H groups in total. The van der Waals surface area contributed by atoms with Crippen LogP contribution in [0.15, 0.2) is 18.6 Å². The maximum Gasteiger partial charge on any atom is 0.242 e. The van der Waals surface area contributed by atoms with Crippen LogP contribution in [0.1, 0.15) is 32.1 Å². The van der Waals surface area contributed by atoms with Crippen molar-refractivity contribution in [2.24, 2.45) is 11.7 Å². The van der Waals surface area contributed by atoms with Crippen molar-refractivity contribution in [3.05, 3.63) is 18.6 Å². The minimum atomic E-state index is -0.437. The van der Waals surface area contributed by atoms with Gasteiger partial charge in [-0.2, -0.15) is 0 Å². The zero-order valence-electron chi connectivity index (χ0n) is 10.2. The molecule has 0 radical (unpaired) electrons. The van der Waals surface area contributed by atoms with E-state index in [-0.39, 0.29) is 18.3 Å². The number of carbonyl (C=O) groups excluding carboxylic acids is 1. The van der Waals surface area contributed by atoms with Gasteiger partial charge in [0.25, 0.3) is 0 Å². The molecule has 6 heteroatoms. The second-order valence-corrected chi connectivity index (χ2v) is 4.58. The molecular weight excluding hydrogens is 252 g/mol. The van der Waals surface area contributed by atoms with Crippen molar-refractivity contribution in [3.63, 3.8) is 0 Å². The van der Waals surface area contributed by atoms with Crippen LogP contribution >= 0.6 is 12.4 Å². The van der Waals surface area contributed by atoms with Crippen molar-refractivity contribution < 1.29 is 4.79 Å². The molecule has 1 aromatic rings. The summed E-state index contributed by atoms with van der Waals surface area (Å²) in [5, 5.41) is 2.70. The second kappa shape index (κ2) is 7.28. The topological polar surface area (TPSA) is 80.9 Å². The summed E-state index contributed by atoms with van der Waals surface area (Å²) in [6.07, 6.45) is 8.71. The molecule has 0 bridgehead atoms. The average Bonchev–Trinajstić information content (AvgIpc) is 2.83. The minimum Gasteiger partial charge on any atom is -0.320 e. The monoisotopic (exact) mass is 270 g/mol. The third-order valence-electron chi connectivity index (χ3n) is 3.23. The zero-order valence-corrected chi connectivity index (χ0v) is 11.0. The standard InChI is InChI=1S/C12H18N4O.ClH/c13-10(7-9-3-1-2-4-9)12(17)16-11-5-6-14-8-15-11;/h5-6,8-10H,1-4,7,13H2,(H,14,15,16,17);1H/t10-;/m0./s1. The zero-order chi connectivity index (χ0) is 12.1. The number of hydrogen-bond acceptors (Lipinski definition) is 4. The Balaban J connectivity index is 0.00000162. The Morgan fingerprint density at radius 3 is 2.83 bits per heavy atom. The highest BCUT2D eigenvalue weighted by atomic mass is 35.5. The molecule has 1 heterocycles. The van der Waals surface area contributed by atoms with E-state index in [2.05, 4.69) is 15.3 Å². The number of amides is 1. The van der Waals surface area contributed by atoms with Crippen LogP contribution in [0.3, 0.4) is 0 Å². The molecule has 2 rings (SSSR count). The summed E-state index contributed by atoms with van der Waals surface area (Å²) in [5.74, 6) is 0.962. The molecule has 5 nitrogen and oxygen atoms in total. The molecule has 18 heavy (non-hydrogen) atoms. The Morgan fingerprint density at radius 2 is 2.22 bits per heavy atom. The number of rotatable bonds is 4. The molecule has 0 aromatic carbocycles. The summed E-state index contributed by atoms with van der Waals surface area (Å²) in [6.45, 7) is 0. The molecule has 0 spiro atoms. The van der Waals surface area contributed by atoms with Crippen molar-refractivity contribution in [2.45, 2.75) is 38.1 Å². The SMILES string of the molecule is Cl.N[C@@H](CC1CCCC1)C(=O)Nc1ccncn1. The Hall–Kier alpha value is -1.20. The van der Waals surface area contributed by atoms with Gasteiger partial charge in [0.15, 0.2) is 0 Å². The first-order valence-electron chi connectivity index (χ1n) is 6.08. The Morgan fingerprint density at radius 1 is 1.50 bits per heavy atom. The van der Waals surface area contributed by atoms with Crippen LogP contribution in [0, 0.1) is 5.92 Å². The van der Waals surface area contributed by atoms with Gasteiger partial charge < -0.3 is 11.1 Å². The normalized spacial score (nSPS) is 16.9. The third kappa shape index (κ3) is 4.23. The summed E-state index contributed by atoms with van der Waals surface area (Å²) in [6, 6.07) is 1.22. The first-order valence-corrected chi connectivity index (χ1v) is 6.08. The number of halogens is 1. The van der Waals surface area contributed by atoms with Crippen molar-refractivity contribution in [1.29, 1.82) is 0 Å². The first-order chi connectivity index (χ1) is 8.25. The molecule has 1 aromatic heterocycles.